The minimum atomic E-state index is 0.0384. The van der Waals surface area contributed by atoms with Crippen LogP contribution in [0.15, 0.2) is 54.7 Å². The van der Waals surface area contributed by atoms with Crippen LogP contribution in [0.2, 0.25) is 0 Å². The predicted octanol–water partition coefficient (Wildman–Crippen LogP) is 5.41. The number of nitrogens with zero attached hydrogens (tertiary/aromatic N) is 1. The highest BCUT2D eigenvalue weighted by Crippen LogP contribution is 2.26. The second-order valence-corrected chi connectivity index (χ2v) is 7.10. The van der Waals surface area contributed by atoms with Gasteiger partial charge in [-0.25, -0.2) is 0 Å². The summed E-state index contributed by atoms with van der Waals surface area (Å²) in [5.41, 5.74) is 6.43. The van der Waals surface area contributed by atoms with E-state index in [0.717, 1.165) is 40.6 Å². The normalized spacial score (nSPS) is 11.2. The van der Waals surface area contributed by atoms with E-state index in [9.17, 15) is 4.79 Å². The Morgan fingerprint density at radius 2 is 1.71 bits per heavy atom. The van der Waals surface area contributed by atoms with Crippen LogP contribution in [-0.2, 0) is 24.1 Å². The molecule has 0 aliphatic heterocycles. The van der Waals surface area contributed by atoms with Crippen molar-refractivity contribution in [1.29, 1.82) is 0 Å². The summed E-state index contributed by atoms with van der Waals surface area (Å²) in [6.45, 7) is 4.23. The summed E-state index contributed by atoms with van der Waals surface area (Å²) in [5.74, 6) is 0.0384. The van der Waals surface area contributed by atoms with Gasteiger partial charge in [0.15, 0.2) is 0 Å². The van der Waals surface area contributed by atoms with Crippen molar-refractivity contribution in [2.75, 3.05) is 5.32 Å². The summed E-state index contributed by atoms with van der Waals surface area (Å²) >= 11 is 0. The minimum absolute atomic E-state index is 0.0384. The predicted molar refractivity (Wildman–Crippen MR) is 116 cm³/mol. The first-order chi connectivity index (χ1) is 13.7. The smallest absolute Gasteiger partial charge is 0.224 e. The molecule has 0 spiro atoms. The van der Waals surface area contributed by atoms with Crippen LogP contribution >= 0.6 is 0 Å². The van der Waals surface area contributed by atoms with Crippen LogP contribution in [0.3, 0.4) is 0 Å². The minimum Gasteiger partial charge on any atom is -0.353 e. The lowest BCUT2D eigenvalue weighted by molar-refractivity contribution is -0.116. The Hall–Kier alpha value is -3.14. The highest BCUT2D eigenvalue weighted by Gasteiger charge is 2.11. The fourth-order valence-electron chi connectivity index (χ4n) is 3.78. The molecule has 4 aromatic rings. The molecule has 0 aliphatic rings. The Kier molecular flexibility index (Phi) is 5.11. The van der Waals surface area contributed by atoms with Gasteiger partial charge in [0.2, 0.25) is 5.91 Å². The lowest BCUT2D eigenvalue weighted by Crippen LogP contribution is -2.15. The van der Waals surface area contributed by atoms with E-state index in [1.54, 1.807) is 0 Å². The highest BCUT2D eigenvalue weighted by molar-refractivity contribution is 6.07. The molecule has 0 aliphatic carbocycles. The molecule has 1 amide bonds. The van der Waals surface area contributed by atoms with Crippen molar-refractivity contribution in [2.45, 2.75) is 39.5 Å². The first kappa shape index (κ1) is 18.2. The van der Waals surface area contributed by atoms with Crippen molar-refractivity contribution < 1.29 is 4.79 Å². The van der Waals surface area contributed by atoms with E-state index in [2.05, 4.69) is 65.5 Å². The van der Waals surface area contributed by atoms with Gasteiger partial charge in [-0.15, -0.1) is 0 Å². The Bertz CT molecular complexity index is 1120. The van der Waals surface area contributed by atoms with Crippen molar-refractivity contribution in [3.8, 4) is 0 Å². The maximum absolute atomic E-state index is 12.6. The number of fused-ring (bicyclic) bond motifs is 3. The Labute approximate surface area is 165 Å². The summed E-state index contributed by atoms with van der Waals surface area (Å²) in [7, 11) is 0. The second kappa shape index (κ2) is 7.85. The number of carbonyl (C=O) groups is 1. The monoisotopic (exact) mass is 371 g/mol. The number of hydrogen-bond acceptors (Lipinski definition) is 2. The van der Waals surface area contributed by atoms with E-state index >= 15 is 0 Å². The number of para-hydroxylation sites is 2. The van der Waals surface area contributed by atoms with Crippen LogP contribution in [0.5, 0.6) is 0 Å². The molecule has 2 heterocycles. The van der Waals surface area contributed by atoms with E-state index in [4.69, 9.17) is 0 Å². The molecule has 4 rings (SSSR count). The topological polar surface area (TPSA) is 57.8 Å². The third kappa shape index (κ3) is 3.50. The van der Waals surface area contributed by atoms with Gasteiger partial charge in [0, 0.05) is 34.1 Å². The number of carbonyl (C=O) groups excluding carboxylic acids is 1. The van der Waals surface area contributed by atoms with E-state index in [0.29, 0.717) is 12.8 Å². The molecule has 2 N–H and O–H groups in total. The number of hydrogen-bond donors (Lipinski definition) is 2. The molecule has 0 radical (unpaired) electrons. The second-order valence-electron chi connectivity index (χ2n) is 7.10. The van der Waals surface area contributed by atoms with Crippen LogP contribution in [0.1, 0.15) is 37.1 Å². The molecular weight excluding hydrogens is 346 g/mol. The number of anilines is 1. The Balaban J connectivity index is 1.50. The summed E-state index contributed by atoms with van der Waals surface area (Å²) in [6, 6.07) is 16.6. The molecule has 4 heteroatoms. The zero-order chi connectivity index (χ0) is 19.5. The lowest BCUT2D eigenvalue weighted by Gasteiger charge is -2.14. The third-order valence-electron chi connectivity index (χ3n) is 5.32. The number of nitrogens with one attached hydrogen (secondary N) is 2. The van der Waals surface area contributed by atoms with Gasteiger partial charge in [-0.1, -0.05) is 50.2 Å². The molecule has 0 atom stereocenters. The first-order valence-corrected chi connectivity index (χ1v) is 9.95. The van der Waals surface area contributed by atoms with Crippen LogP contribution in [0.25, 0.3) is 21.8 Å². The molecule has 142 valence electrons. The maximum atomic E-state index is 12.6. The molecular formula is C24H25N3O. The van der Waals surface area contributed by atoms with Gasteiger partial charge in [-0.05, 0) is 42.5 Å². The molecule has 0 bridgehead atoms. The third-order valence-corrected chi connectivity index (χ3v) is 5.32. The van der Waals surface area contributed by atoms with E-state index < -0.39 is 0 Å². The number of pyridine rings is 1. The first-order valence-electron chi connectivity index (χ1n) is 9.95. The van der Waals surface area contributed by atoms with Gasteiger partial charge in [-0.2, -0.15) is 0 Å². The summed E-state index contributed by atoms with van der Waals surface area (Å²) in [5, 5.41) is 5.49. The standard InChI is InChI=1S/C24H25N3O/c1-3-16-8-7-9-17(4-2)24(16)27-23(28)13-12-18-14-20-19-10-5-6-11-21(19)26-22(20)15-25-18/h5-11,14-15,26H,3-4,12-13H2,1-2H3,(H,27,28). The SMILES string of the molecule is CCc1cccc(CC)c1NC(=O)CCc1cc2c(cn1)[nH]c1ccccc12. The van der Waals surface area contributed by atoms with Crippen molar-refractivity contribution in [1.82, 2.24) is 9.97 Å². The number of amides is 1. The van der Waals surface area contributed by atoms with Gasteiger partial charge in [0.1, 0.15) is 0 Å². The molecule has 2 aromatic heterocycles. The maximum Gasteiger partial charge on any atom is 0.224 e. The van der Waals surface area contributed by atoms with Crippen LogP contribution < -0.4 is 5.32 Å². The van der Waals surface area contributed by atoms with E-state index in [-0.39, 0.29) is 5.91 Å². The molecule has 28 heavy (non-hydrogen) atoms. The largest absolute Gasteiger partial charge is 0.353 e. The Morgan fingerprint density at radius 3 is 2.46 bits per heavy atom. The van der Waals surface area contributed by atoms with E-state index in [1.807, 2.05) is 18.3 Å². The van der Waals surface area contributed by atoms with Gasteiger partial charge in [0.25, 0.3) is 0 Å². The van der Waals surface area contributed by atoms with Crippen LogP contribution in [0, 0.1) is 0 Å². The Morgan fingerprint density at radius 1 is 0.964 bits per heavy atom. The number of aromatic amines is 1. The van der Waals surface area contributed by atoms with Crippen LogP contribution in [0.4, 0.5) is 5.69 Å². The van der Waals surface area contributed by atoms with Gasteiger partial charge < -0.3 is 10.3 Å². The average Bonchev–Trinajstić information content (AvgIpc) is 3.10. The molecule has 0 saturated heterocycles. The number of aromatic nitrogens is 2. The zero-order valence-corrected chi connectivity index (χ0v) is 16.4. The molecule has 0 unspecified atom stereocenters. The zero-order valence-electron chi connectivity index (χ0n) is 16.4. The highest BCUT2D eigenvalue weighted by atomic mass is 16.1. The molecule has 0 fully saturated rings. The van der Waals surface area contributed by atoms with Crippen molar-refractivity contribution >= 4 is 33.4 Å². The quantitative estimate of drug-likeness (QED) is 0.476. The van der Waals surface area contributed by atoms with Crippen molar-refractivity contribution in [2.24, 2.45) is 0 Å². The number of H-pyrrole nitrogens is 1. The fraction of sp³-hybridized carbons (Fsp3) is 0.250. The molecule has 0 saturated carbocycles. The summed E-state index contributed by atoms with van der Waals surface area (Å²) < 4.78 is 0. The number of benzene rings is 2. The van der Waals surface area contributed by atoms with E-state index in [1.165, 1.54) is 16.5 Å². The summed E-state index contributed by atoms with van der Waals surface area (Å²) in [4.78, 5) is 20.5. The summed E-state index contributed by atoms with van der Waals surface area (Å²) in [6.07, 6.45) is 4.72. The van der Waals surface area contributed by atoms with Crippen LogP contribution in [-0.4, -0.2) is 15.9 Å². The number of rotatable bonds is 6. The molecule has 4 nitrogen and oxygen atoms in total. The van der Waals surface area contributed by atoms with Gasteiger partial charge in [0.05, 0.1) is 11.7 Å². The van der Waals surface area contributed by atoms with Crippen molar-refractivity contribution in [3.63, 3.8) is 0 Å². The fourth-order valence-corrected chi connectivity index (χ4v) is 3.78. The van der Waals surface area contributed by atoms with Gasteiger partial charge >= 0.3 is 0 Å². The lowest BCUT2D eigenvalue weighted by atomic mass is 10.0. The van der Waals surface area contributed by atoms with Crippen molar-refractivity contribution in [3.05, 3.63) is 71.5 Å². The number of aryl methyl sites for hydroxylation is 3. The van der Waals surface area contributed by atoms with Gasteiger partial charge in [-0.3, -0.25) is 9.78 Å². The average molecular weight is 371 g/mol. The molecule has 2 aromatic carbocycles.